The molecule has 11 heteroatoms. The minimum absolute atomic E-state index is 0.207. The number of nitrogens with two attached hydrogens (primary N) is 1. The molecule has 0 bridgehead atoms. The summed E-state index contributed by atoms with van der Waals surface area (Å²) in [4.78, 5) is 37.7. The fourth-order valence-electron chi connectivity index (χ4n) is 3.55. The number of nitrogens with one attached hydrogen (secondary N) is 3. The standard InChI is InChI=1S/C21H26FN7O2S/c1-24-10-14(9-23)27-19(30)17(8-13-4-2-3-5-13)28-20(31)18-12-26-21(32-18)29-16-6-7-25-11-15(16)22/h6-7,9-13,17H,2-5,8,23H2,1H3,(H,27,30)(H,28,31)(H,25,26,29)/b14-9+,24-10?. The number of allylic oxidation sites excluding steroid dienone is 1. The predicted octanol–water partition coefficient (Wildman–Crippen LogP) is 2.72. The number of rotatable bonds is 9. The first-order valence-electron chi connectivity index (χ1n) is 10.3. The van der Waals surface area contributed by atoms with Crippen molar-refractivity contribution in [1.82, 2.24) is 20.6 Å². The molecule has 1 fully saturated rings. The van der Waals surface area contributed by atoms with E-state index in [1.165, 1.54) is 30.9 Å². The lowest BCUT2D eigenvalue weighted by Gasteiger charge is -2.21. The summed E-state index contributed by atoms with van der Waals surface area (Å²) in [6, 6.07) is 0.739. The Morgan fingerprint density at radius 1 is 1.38 bits per heavy atom. The molecule has 1 saturated carbocycles. The van der Waals surface area contributed by atoms with Crippen molar-refractivity contribution in [2.24, 2.45) is 16.6 Å². The lowest BCUT2D eigenvalue weighted by Crippen LogP contribution is -2.47. The largest absolute Gasteiger partial charge is 0.403 e. The van der Waals surface area contributed by atoms with Gasteiger partial charge in [-0.25, -0.2) is 9.37 Å². The van der Waals surface area contributed by atoms with Gasteiger partial charge >= 0.3 is 0 Å². The molecule has 9 nitrogen and oxygen atoms in total. The number of hydrogen-bond acceptors (Lipinski definition) is 8. The molecule has 1 aliphatic carbocycles. The maximum Gasteiger partial charge on any atom is 0.263 e. The number of aliphatic imine (C=N–C) groups is 1. The Balaban J connectivity index is 1.69. The molecule has 1 aliphatic rings. The summed E-state index contributed by atoms with van der Waals surface area (Å²) >= 11 is 1.06. The van der Waals surface area contributed by atoms with Crippen molar-refractivity contribution in [1.29, 1.82) is 0 Å². The van der Waals surface area contributed by atoms with Gasteiger partial charge in [0.15, 0.2) is 10.9 Å². The number of hydrogen-bond donors (Lipinski definition) is 4. The van der Waals surface area contributed by atoms with Crippen molar-refractivity contribution in [2.45, 2.75) is 38.1 Å². The molecule has 0 saturated heterocycles. The van der Waals surface area contributed by atoms with E-state index in [0.29, 0.717) is 28.0 Å². The average molecular weight is 460 g/mol. The van der Waals surface area contributed by atoms with Crippen molar-refractivity contribution < 1.29 is 14.0 Å². The molecular formula is C21H26FN7O2S. The molecule has 2 amide bonds. The number of aromatic nitrogens is 2. The van der Waals surface area contributed by atoms with E-state index in [4.69, 9.17) is 5.73 Å². The highest BCUT2D eigenvalue weighted by Crippen LogP contribution is 2.29. The van der Waals surface area contributed by atoms with Gasteiger partial charge in [0.2, 0.25) is 5.91 Å². The van der Waals surface area contributed by atoms with Crippen LogP contribution in [-0.2, 0) is 4.79 Å². The molecular weight excluding hydrogens is 433 g/mol. The molecule has 5 N–H and O–H groups in total. The molecule has 3 rings (SSSR count). The van der Waals surface area contributed by atoms with Gasteiger partial charge in [0.1, 0.15) is 10.9 Å². The van der Waals surface area contributed by atoms with E-state index in [-0.39, 0.29) is 11.6 Å². The number of carbonyl (C=O) groups excluding carboxylic acids is 2. The van der Waals surface area contributed by atoms with Gasteiger partial charge in [-0.15, -0.1) is 0 Å². The Kier molecular flexibility index (Phi) is 8.26. The highest BCUT2D eigenvalue weighted by molar-refractivity contribution is 7.17. The van der Waals surface area contributed by atoms with Gasteiger partial charge in [-0.3, -0.25) is 19.6 Å². The third-order valence-electron chi connectivity index (χ3n) is 5.12. The molecule has 0 radical (unpaired) electrons. The van der Waals surface area contributed by atoms with Crippen molar-refractivity contribution in [3.05, 3.63) is 47.2 Å². The smallest absolute Gasteiger partial charge is 0.263 e. The molecule has 0 aromatic carbocycles. The molecule has 170 valence electrons. The molecule has 2 heterocycles. The van der Waals surface area contributed by atoms with E-state index in [0.717, 1.165) is 43.2 Å². The monoisotopic (exact) mass is 459 g/mol. The highest BCUT2D eigenvalue weighted by atomic mass is 32.1. The first kappa shape index (κ1) is 23.3. The van der Waals surface area contributed by atoms with E-state index in [2.05, 4.69) is 30.9 Å². The minimum Gasteiger partial charge on any atom is -0.403 e. The van der Waals surface area contributed by atoms with Gasteiger partial charge in [0.25, 0.3) is 5.91 Å². The number of halogens is 1. The zero-order valence-electron chi connectivity index (χ0n) is 17.7. The van der Waals surface area contributed by atoms with Crippen molar-refractivity contribution in [3.63, 3.8) is 0 Å². The van der Waals surface area contributed by atoms with Crippen LogP contribution in [0.4, 0.5) is 15.2 Å². The summed E-state index contributed by atoms with van der Waals surface area (Å²) in [5, 5.41) is 8.70. The zero-order chi connectivity index (χ0) is 22.9. The van der Waals surface area contributed by atoms with Gasteiger partial charge in [-0.2, -0.15) is 0 Å². The third-order valence-corrected chi connectivity index (χ3v) is 6.04. The summed E-state index contributed by atoms with van der Waals surface area (Å²) in [6.45, 7) is 0. The Morgan fingerprint density at radius 3 is 2.84 bits per heavy atom. The summed E-state index contributed by atoms with van der Waals surface area (Å²) in [5.74, 6) is -0.944. The Hall–Kier alpha value is -3.34. The van der Waals surface area contributed by atoms with Crippen LogP contribution in [0.2, 0.25) is 0 Å². The molecule has 0 aliphatic heterocycles. The number of anilines is 2. The molecule has 1 atom stereocenters. The van der Waals surface area contributed by atoms with E-state index >= 15 is 0 Å². The SMILES string of the molecule is CN=C/C(=C\N)NC(=O)C(CC1CCCC1)NC(=O)c1cnc(Nc2ccncc2F)s1. The number of pyridine rings is 1. The van der Waals surface area contributed by atoms with Crippen LogP contribution in [0.5, 0.6) is 0 Å². The molecule has 1 unspecified atom stereocenters. The van der Waals surface area contributed by atoms with Crippen LogP contribution in [0.15, 0.2) is 41.5 Å². The van der Waals surface area contributed by atoms with Gasteiger partial charge in [-0.05, 0) is 18.4 Å². The van der Waals surface area contributed by atoms with Crippen LogP contribution in [0.3, 0.4) is 0 Å². The van der Waals surface area contributed by atoms with Crippen LogP contribution in [0.25, 0.3) is 0 Å². The number of carbonyl (C=O) groups is 2. The molecule has 32 heavy (non-hydrogen) atoms. The normalized spacial score (nSPS) is 15.6. The highest BCUT2D eigenvalue weighted by Gasteiger charge is 2.28. The van der Waals surface area contributed by atoms with Crippen LogP contribution in [0, 0.1) is 11.7 Å². The van der Waals surface area contributed by atoms with Gasteiger partial charge in [-0.1, -0.05) is 37.0 Å². The second-order valence-corrected chi connectivity index (χ2v) is 8.45. The summed E-state index contributed by atoms with van der Waals surface area (Å²) in [7, 11) is 1.57. The van der Waals surface area contributed by atoms with E-state index in [1.807, 2.05) is 0 Å². The van der Waals surface area contributed by atoms with Gasteiger partial charge < -0.3 is 21.7 Å². The van der Waals surface area contributed by atoms with Crippen molar-refractivity contribution >= 4 is 40.2 Å². The van der Waals surface area contributed by atoms with Crippen LogP contribution in [0.1, 0.15) is 41.8 Å². The summed E-state index contributed by atoms with van der Waals surface area (Å²) in [5.41, 5.74) is 6.10. The third kappa shape index (κ3) is 6.33. The van der Waals surface area contributed by atoms with Gasteiger partial charge in [0, 0.05) is 25.7 Å². The van der Waals surface area contributed by atoms with Crippen LogP contribution in [-0.4, -0.2) is 41.1 Å². The van der Waals surface area contributed by atoms with E-state index in [1.54, 1.807) is 7.05 Å². The maximum atomic E-state index is 13.8. The quantitative estimate of drug-likeness (QED) is 0.426. The molecule has 2 aromatic heterocycles. The van der Waals surface area contributed by atoms with E-state index < -0.39 is 17.8 Å². The van der Waals surface area contributed by atoms with Crippen molar-refractivity contribution in [3.8, 4) is 0 Å². The lowest BCUT2D eigenvalue weighted by atomic mass is 9.97. The Labute approximate surface area is 189 Å². The first-order valence-corrected chi connectivity index (χ1v) is 11.1. The lowest BCUT2D eigenvalue weighted by molar-refractivity contribution is -0.122. The first-order chi connectivity index (χ1) is 15.5. The fourth-order valence-corrected chi connectivity index (χ4v) is 4.29. The molecule has 0 spiro atoms. The number of amides is 2. The number of thiazole rings is 1. The molecule has 2 aromatic rings. The topological polar surface area (TPSA) is 134 Å². The average Bonchev–Trinajstić information content (AvgIpc) is 3.46. The zero-order valence-corrected chi connectivity index (χ0v) is 18.5. The predicted molar refractivity (Wildman–Crippen MR) is 122 cm³/mol. The van der Waals surface area contributed by atoms with E-state index in [9.17, 15) is 14.0 Å². The van der Waals surface area contributed by atoms with Crippen molar-refractivity contribution in [2.75, 3.05) is 12.4 Å². The Morgan fingerprint density at radius 2 is 2.16 bits per heavy atom. The maximum absolute atomic E-state index is 13.8. The number of nitrogens with zero attached hydrogens (tertiary/aromatic N) is 3. The second kappa shape index (κ2) is 11.3. The van der Waals surface area contributed by atoms with Gasteiger partial charge in [0.05, 0.1) is 23.8 Å². The van der Waals surface area contributed by atoms with Crippen LogP contribution >= 0.6 is 11.3 Å². The summed E-state index contributed by atoms with van der Waals surface area (Å²) in [6.07, 6.45) is 11.5. The second-order valence-electron chi connectivity index (χ2n) is 7.42. The summed E-state index contributed by atoms with van der Waals surface area (Å²) < 4.78 is 13.8. The Bertz CT molecular complexity index is 1000. The van der Waals surface area contributed by atoms with Crippen LogP contribution < -0.4 is 21.7 Å². The fraction of sp³-hybridized carbons (Fsp3) is 0.381. The minimum atomic E-state index is -0.734.